The van der Waals surface area contributed by atoms with Gasteiger partial charge in [0.05, 0.1) is 5.75 Å². The molecule has 0 aromatic heterocycles. The second-order valence-corrected chi connectivity index (χ2v) is 8.65. The fourth-order valence-electron chi connectivity index (χ4n) is 3.49. The predicted octanol–water partition coefficient (Wildman–Crippen LogP) is 3.44. The third-order valence-corrected chi connectivity index (χ3v) is 7.02. The molecule has 2 aliphatic rings. The SMILES string of the molecule is O=S(=O)(CC1CCCCC1)NC1CCCCC1CBr. The lowest BCUT2D eigenvalue weighted by molar-refractivity contribution is 0.314. The van der Waals surface area contributed by atoms with Crippen LogP contribution in [0.4, 0.5) is 0 Å². The molecule has 2 atom stereocenters. The normalized spacial score (nSPS) is 30.4. The van der Waals surface area contributed by atoms with Crippen molar-refractivity contribution in [2.75, 3.05) is 11.1 Å². The molecule has 5 heteroatoms. The van der Waals surface area contributed by atoms with Crippen molar-refractivity contribution < 1.29 is 8.42 Å². The lowest BCUT2D eigenvalue weighted by Crippen LogP contribution is -2.44. The van der Waals surface area contributed by atoms with Crippen LogP contribution in [0.25, 0.3) is 0 Å². The minimum absolute atomic E-state index is 0.154. The molecule has 0 heterocycles. The summed E-state index contributed by atoms with van der Waals surface area (Å²) in [7, 11) is -3.09. The summed E-state index contributed by atoms with van der Waals surface area (Å²) in [5.74, 6) is 1.20. The molecule has 2 saturated carbocycles. The minimum atomic E-state index is -3.09. The summed E-state index contributed by atoms with van der Waals surface area (Å²) >= 11 is 3.52. The fraction of sp³-hybridized carbons (Fsp3) is 1.00. The summed E-state index contributed by atoms with van der Waals surface area (Å²) in [4.78, 5) is 0. The smallest absolute Gasteiger partial charge is 0.212 e. The maximum absolute atomic E-state index is 12.3. The Kier molecular flexibility index (Phi) is 6.15. The molecule has 0 bridgehead atoms. The Hall–Kier alpha value is 0.390. The molecule has 3 nitrogen and oxygen atoms in total. The van der Waals surface area contributed by atoms with Crippen LogP contribution in [-0.4, -0.2) is 25.5 Å². The number of hydrogen-bond donors (Lipinski definition) is 1. The van der Waals surface area contributed by atoms with E-state index in [0.29, 0.717) is 17.6 Å². The molecule has 0 saturated heterocycles. The van der Waals surface area contributed by atoms with Crippen LogP contribution in [0.15, 0.2) is 0 Å². The summed E-state index contributed by atoms with van der Waals surface area (Å²) in [6.45, 7) is 0. The van der Waals surface area contributed by atoms with Crippen molar-refractivity contribution in [1.29, 1.82) is 0 Å². The van der Waals surface area contributed by atoms with Gasteiger partial charge in [0.2, 0.25) is 10.0 Å². The predicted molar refractivity (Wildman–Crippen MR) is 83.0 cm³/mol. The van der Waals surface area contributed by atoms with Gasteiger partial charge in [0.25, 0.3) is 0 Å². The van der Waals surface area contributed by atoms with E-state index >= 15 is 0 Å². The standard InChI is InChI=1S/C14H26BrNO2S/c15-10-13-8-4-5-9-14(13)16-19(17,18)11-12-6-2-1-3-7-12/h12-14,16H,1-11H2. The molecule has 2 unspecified atom stereocenters. The van der Waals surface area contributed by atoms with E-state index in [1.54, 1.807) is 0 Å². The lowest BCUT2D eigenvalue weighted by atomic mass is 9.87. The summed E-state index contributed by atoms with van der Waals surface area (Å²) in [5, 5.41) is 0.906. The van der Waals surface area contributed by atoms with E-state index in [1.165, 1.54) is 25.7 Å². The molecule has 2 fully saturated rings. The largest absolute Gasteiger partial charge is 0.212 e. The molecule has 0 spiro atoms. The van der Waals surface area contributed by atoms with E-state index < -0.39 is 10.0 Å². The maximum Gasteiger partial charge on any atom is 0.212 e. The van der Waals surface area contributed by atoms with E-state index in [9.17, 15) is 8.42 Å². The van der Waals surface area contributed by atoms with Crippen molar-refractivity contribution in [2.45, 2.75) is 63.8 Å². The van der Waals surface area contributed by atoms with Gasteiger partial charge in [-0.1, -0.05) is 48.0 Å². The molecule has 112 valence electrons. The number of nitrogens with one attached hydrogen (secondary N) is 1. The Morgan fingerprint density at radius 3 is 2.26 bits per heavy atom. The van der Waals surface area contributed by atoms with Crippen molar-refractivity contribution in [2.24, 2.45) is 11.8 Å². The average Bonchev–Trinajstić information content (AvgIpc) is 2.39. The Balaban J connectivity index is 1.88. The maximum atomic E-state index is 12.3. The molecule has 1 N–H and O–H groups in total. The van der Waals surface area contributed by atoms with Gasteiger partial charge in [-0.2, -0.15) is 0 Å². The molecule has 0 amide bonds. The average molecular weight is 352 g/mol. The number of sulfonamides is 1. The van der Waals surface area contributed by atoms with Gasteiger partial charge in [0.1, 0.15) is 0 Å². The fourth-order valence-corrected chi connectivity index (χ4v) is 6.09. The number of halogens is 1. The van der Waals surface area contributed by atoms with E-state index in [4.69, 9.17) is 0 Å². The summed E-state index contributed by atoms with van der Waals surface area (Å²) in [6, 6.07) is 0.154. The highest BCUT2D eigenvalue weighted by Crippen LogP contribution is 2.28. The van der Waals surface area contributed by atoms with Crippen molar-refractivity contribution >= 4 is 26.0 Å². The van der Waals surface area contributed by atoms with E-state index in [2.05, 4.69) is 20.7 Å². The Morgan fingerprint density at radius 2 is 1.58 bits per heavy atom. The van der Waals surface area contributed by atoms with E-state index in [1.807, 2.05) is 0 Å². The van der Waals surface area contributed by atoms with Crippen molar-refractivity contribution in [3.05, 3.63) is 0 Å². The number of rotatable bonds is 5. The molecular formula is C14H26BrNO2S. The zero-order chi connectivity index (χ0) is 13.7. The molecule has 0 aliphatic heterocycles. The van der Waals surface area contributed by atoms with Crippen LogP contribution in [0.5, 0.6) is 0 Å². The molecular weight excluding hydrogens is 326 g/mol. The quantitative estimate of drug-likeness (QED) is 0.771. The van der Waals surface area contributed by atoms with Gasteiger partial charge < -0.3 is 0 Å². The van der Waals surface area contributed by atoms with Crippen LogP contribution in [0, 0.1) is 11.8 Å². The number of alkyl halides is 1. The highest BCUT2D eigenvalue weighted by molar-refractivity contribution is 9.09. The minimum Gasteiger partial charge on any atom is -0.212 e. The molecule has 0 radical (unpaired) electrons. The topological polar surface area (TPSA) is 46.2 Å². The van der Waals surface area contributed by atoms with Gasteiger partial charge in [0.15, 0.2) is 0 Å². The van der Waals surface area contributed by atoms with Gasteiger partial charge in [-0.05, 0) is 37.5 Å². The van der Waals surface area contributed by atoms with E-state index in [-0.39, 0.29) is 6.04 Å². The highest BCUT2D eigenvalue weighted by atomic mass is 79.9. The highest BCUT2D eigenvalue weighted by Gasteiger charge is 2.29. The van der Waals surface area contributed by atoms with Crippen LogP contribution in [-0.2, 0) is 10.0 Å². The van der Waals surface area contributed by atoms with Crippen LogP contribution in [0.3, 0.4) is 0 Å². The molecule has 0 aromatic carbocycles. The van der Waals surface area contributed by atoms with Crippen molar-refractivity contribution in [3.63, 3.8) is 0 Å². The van der Waals surface area contributed by atoms with Crippen LogP contribution >= 0.6 is 15.9 Å². The van der Waals surface area contributed by atoms with Gasteiger partial charge in [-0.3, -0.25) is 0 Å². The summed E-state index contributed by atoms with van der Waals surface area (Å²) < 4.78 is 27.6. The van der Waals surface area contributed by atoms with Crippen molar-refractivity contribution in [1.82, 2.24) is 4.72 Å². The second-order valence-electron chi connectivity index (χ2n) is 6.21. The van der Waals surface area contributed by atoms with Gasteiger partial charge in [0, 0.05) is 11.4 Å². The summed E-state index contributed by atoms with van der Waals surface area (Å²) in [5.41, 5.74) is 0. The monoisotopic (exact) mass is 351 g/mol. The lowest BCUT2D eigenvalue weighted by Gasteiger charge is -2.31. The Bertz CT molecular complexity index is 366. The van der Waals surface area contributed by atoms with E-state index in [0.717, 1.165) is 37.4 Å². The van der Waals surface area contributed by atoms with Crippen molar-refractivity contribution in [3.8, 4) is 0 Å². The van der Waals surface area contributed by atoms with Crippen LogP contribution in [0.1, 0.15) is 57.8 Å². The third kappa shape index (κ3) is 5.01. The third-order valence-electron chi connectivity index (χ3n) is 4.62. The number of hydrogen-bond acceptors (Lipinski definition) is 2. The van der Waals surface area contributed by atoms with Gasteiger partial charge >= 0.3 is 0 Å². The first-order chi connectivity index (χ1) is 9.11. The van der Waals surface area contributed by atoms with Crippen LogP contribution < -0.4 is 4.72 Å². The van der Waals surface area contributed by atoms with Crippen LogP contribution in [0.2, 0.25) is 0 Å². The summed E-state index contributed by atoms with van der Waals surface area (Å²) in [6.07, 6.45) is 10.4. The Morgan fingerprint density at radius 1 is 0.947 bits per heavy atom. The first-order valence-electron chi connectivity index (χ1n) is 7.66. The Labute approximate surface area is 126 Å². The molecule has 0 aromatic rings. The van der Waals surface area contributed by atoms with Gasteiger partial charge in [-0.15, -0.1) is 0 Å². The second kappa shape index (κ2) is 7.41. The zero-order valence-electron chi connectivity index (χ0n) is 11.6. The zero-order valence-corrected chi connectivity index (χ0v) is 14.0. The first-order valence-corrected chi connectivity index (χ1v) is 10.4. The molecule has 19 heavy (non-hydrogen) atoms. The first kappa shape index (κ1) is 15.8. The molecule has 2 rings (SSSR count). The van der Waals surface area contributed by atoms with Gasteiger partial charge in [-0.25, -0.2) is 13.1 Å². The molecule has 2 aliphatic carbocycles.